The Morgan fingerprint density at radius 2 is 0.783 bits per heavy atom. The summed E-state index contributed by atoms with van der Waals surface area (Å²) in [5.41, 5.74) is 5.53. The number of ether oxygens (including phenoxy) is 2. The van der Waals surface area contributed by atoms with Crippen LogP contribution >= 0.6 is 0 Å². The molecule has 358 valence electrons. The quantitative estimate of drug-likeness (QED) is 0.0378. The van der Waals surface area contributed by atoms with E-state index < -0.39 is 60.8 Å². The van der Waals surface area contributed by atoms with E-state index in [2.05, 4.69) is 11.7 Å². The number of esters is 2. The van der Waals surface area contributed by atoms with Crippen LogP contribution in [0.2, 0.25) is 0 Å². The van der Waals surface area contributed by atoms with Crippen molar-refractivity contribution in [2.75, 3.05) is 13.2 Å². The Labute approximate surface area is 348 Å². The number of alkyl halides is 13. The first-order valence-corrected chi connectivity index (χ1v) is 22.0. The SMILES string of the molecule is CCCCCCCCCCCCCCCCCCCCCCOC(=O)CCCCCCCCCC(N)C(=O)OCCC(F)(F)C(F)(F)C(F)(F)C(F)(F)C(F)(F)C(F)(F)F. The van der Waals surface area contributed by atoms with Crippen molar-refractivity contribution >= 4 is 11.9 Å². The number of halogens is 13. The van der Waals surface area contributed by atoms with Crippen LogP contribution in [0.3, 0.4) is 0 Å². The average molecular weight is 900 g/mol. The van der Waals surface area contributed by atoms with Gasteiger partial charge in [0.2, 0.25) is 0 Å². The predicted molar refractivity (Wildman–Crippen MR) is 205 cm³/mol. The smallest absolute Gasteiger partial charge is 0.460 e. The molecule has 18 heteroatoms. The van der Waals surface area contributed by atoms with Gasteiger partial charge in [0.05, 0.1) is 19.6 Å². The van der Waals surface area contributed by atoms with E-state index in [9.17, 15) is 66.7 Å². The molecule has 0 spiro atoms. The molecule has 0 rings (SSSR count). The molecule has 0 bridgehead atoms. The zero-order chi connectivity index (χ0) is 45.8. The molecule has 0 aliphatic heterocycles. The van der Waals surface area contributed by atoms with Gasteiger partial charge >= 0.3 is 47.7 Å². The van der Waals surface area contributed by atoms with Crippen LogP contribution in [0.15, 0.2) is 0 Å². The average Bonchev–Trinajstić information content (AvgIpc) is 3.16. The topological polar surface area (TPSA) is 78.6 Å². The number of unbranched alkanes of at least 4 members (excludes halogenated alkanes) is 25. The fraction of sp³-hybridized carbons (Fsp3) is 0.952. The summed E-state index contributed by atoms with van der Waals surface area (Å²) in [6.07, 6.45) is 20.5. The Balaban J connectivity index is 3.87. The number of nitrogens with two attached hydrogens (primary N) is 1. The Bertz CT molecular complexity index is 1120. The largest absolute Gasteiger partial charge is 0.466 e. The van der Waals surface area contributed by atoms with Gasteiger partial charge in [-0.15, -0.1) is 0 Å². The molecule has 1 atom stereocenters. The zero-order valence-electron chi connectivity index (χ0n) is 35.3. The number of hydrogen-bond acceptors (Lipinski definition) is 5. The molecule has 0 amide bonds. The van der Waals surface area contributed by atoms with Crippen LogP contribution < -0.4 is 5.73 Å². The van der Waals surface area contributed by atoms with E-state index in [1.807, 2.05) is 0 Å². The van der Waals surface area contributed by atoms with Crippen molar-refractivity contribution in [2.45, 2.75) is 241 Å². The lowest BCUT2D eigenvalue weighted by molar-refractivity contribution is -0.440. The van der Waals surface area contributed by atoms with Gasteiger partial charge in [-0.05, 0) is 19.3 Å². The van der Waals surface area contributed by atoms with Gasteiger partial charge in [0.15, 0.2) is 0 Å². The first kappa shape index (κ1) is 58.0. The van der Waals surface area contributed by atoms with Gasteiger partial charge in [0, 0.05) is 6.42 Å². The molecule has 0 aromatic heterocycles. The molecule has 0 saturated heterocycles. The molecule has 2 N–H and O–H groups in total. The third-order valence-electron chi connectivity index (χ3n) is 10.6. The Morgan fingerprint density at radius 3 is 1.18 bits per heavy atom. The molecule has 0 aliphatic carbocycles. The molecule has 0 aromatic carbocycles. The highest BCUT2D eigenvalue weighted by Gasteiger charge is 2.90. The molecular formula is C42H70F13NO4. The predicted octanol–water partition coefficient (Wildman–Crippen LogP) is 14.9. The van der Waals surface area contributed by atoms with Gasteiger partial charge in [-0.1, -0.05) is 167 Å². The van der Waals surface area contributed by atoms with Crippen LogP contribution in [0.5, 0.6) is 0 Å². The Morgan fingerprint density at radius 1 is 0.433 bits per heavy atom. The summed E-state index contributed by atoms with van der Waals surface area (Å²) >= 11 is 0. The molecule has 0 saturated carbocycles. The minimum absolute atomic E-state index is 0.0758. The van der Waals surface area contributed by atoms with Gasteiger partial charge in [-0.2, -0.15) is 57.1 Å². The zero-order valence-corrected chi connectivity index (χ0v) is 35.3. The van der Waals surface area contributed by atoms with Crippen LogP contribution in [-0.2, 0) is 19.1 Å². The van der Waals surface area contributed by atoms with E-state index in [0.29, 0.717) is 38.7 Å². The highest BCUT2D eigenvalue weighted by atomic mass is 19.4. The highest BCUT2D eigenvalue weighted by molar-refractivity contribution is 5.75. The monoisotopic (exact) mass is 900 g/mol. The van der Waals surface area contributed by atoms with Crippen molar-refractivity contribution in [3.63, 3.8) is 0 Å². The molecule has 60 heavy (non-hydrogen) atoms. The normalized spacial score (nSPS) is 13.8. The maximum atomic E-state index is 13.9. The molecule has 0 aromatic rings. The summed E-state index contributed by atoms with van der Waals surface area (Å²) in [6.45, 7) is 0.841. The van der Waals surface area contributed by atoms with Crippen LogP contribution in [0.25, 0.3) is 0 Å². The molecule has 0 aliphatic rings. The van der Waals surface area contributed by atoms with Crippen LogP contribution in [0.1, 0.15) is 200 Å². The number of carbonyl (C=O) groups is 2. The lowest BCUT2D eigenvalue weighted by Crippen LogP contribution is -2.70. The van der Waals surface area contributed by atoms with Crippen LogP contribution in [0, 0.1) is 0 Å². The molecule has 0 fully saturated rings. The van der Waals surface area contributed by atoms with Gasteiger partial charge < -0.3 is 15.2 Å². The fourth-order valence-electron chi connectivity index (χ4n) is 6.60. The van der Waals surface area contributed by atoms with E-state index in [-0.39, 0.29) is 12.4 Å². The van der Waals surface area contributed by atoms with Crippen LogP contribution in [0.4, 0.5) is 57.1 Å². The van der Waals surface area contributed by atoms with Crippen molar-refractivity contribution < 1.29 is 76.1 Å². The third kappa shape index (κ3) is 21.4. The van der Waals surface area contributed by atoms with Crippen molar-refractivity contribution in [2.24, 2.45) is 5.73 Å². The second-order valence-corrected chi connectivity index (χ2v) is 16.0. The van der Waals surface area contributed by atoms with Crippen molar-refractivity contribution in [1.29, 1.82) is 0 Å². The molecule has 0 radical (unpaired) electrons. The number of carbonyl (C=O) groups excluding carboxylic acids is 2. The van der Waals surface area contributed by atoms with E-state index in [1.165, 1.54) is 109 Å². The summed E-state index contributed by atoms with van der Waals surface area (Å²) in [5, 5.41) is 0. The van der Waals surface area contributed by atoms with Crippen molar-refractivity contribution in [3.05, 3.63) is 0 Å². The van der Waals surface area contributed by atoms with Crippen molar-refractivity contribution in [1.82, 2.24) is 0 Å². The molecule has 0 heterocycles. The van der Waals surface area contributed by atoms with Crippen LogP contribution in [-0.4, -0.2) is 67.0 Å². The minimum Gasteiger partial charge on any atom is -0.466 e. The summed E-state index contributed by atoms with van der Waals surface area (Å²) < 4.78 is 181. The fourth-order valence-corrected chi connectivity index (χ4v) is 6.60. The van der Waals surface area contributed by atoms with Gasteiger partial charge in [-0.3, -0.25) is 9.59 Å². The molecule has 1 unspecified atom stereocenters. The van der Waals surface area contributed by atoms with Gasteiger partial charge in [-0.25, -0.2) is 0 Å². The van der Waals surface area contributed by atoms with Gasteiger partial charge in [0.1, 0.15) is 6.04 Å². The number of hydrogen-bond donors (Lipinski definition) is 1. The van der Waals surface area contributed by atoms with Crippen molar-refractivity contribution in [3.8, 4) is 0 Å². The summed E-state index contributed by atoms with van der Waals surface area (Å²) in [7, 11) is 0. The number of rotatable bonds is 39. The lowest BCUT2D eigenvalue weighted by Gasteiger charge is -2.39. The van der Waals surface area contributed by atoms with E-state index in [4.69, 9.17) is 10.5 Å². The Kier molecular flexibility index (Phi) is 29.1. The summed E-state index contributed by atoms with van der Waals surface area (Å²) in [4.78, 5) is 23.9. The van der Waals surface area contributed by atoms with E-state index >= 15 is 0 Å². The second-order valence-electron chi connectivity index (χ2n) is 16.0. The first-order chi connectivity index (χ1) is 28.0. The maximum absolute atomic E-state index is 13.9. The highest BCUT2D eigenvalue weighted by Crippen LogP contribution is 2.60. The van der Waals surface area contributed by atoms with Gasteiger partial charge in [0.25, 0.3) is 0 Å². The standard InChI is InChI=1S/C42H70F13NO4/c1-2-3-4-5-6-7-8-9-10-11-12-13-14-15-16-17-18-22-25-28-32-59-35(57)30-27-24-21-19-20-23-26-29-34(56)36(58)60-33-31-37(43,44)38(45,46)39(47,48)40(49,50)41(51,52)42(53,54)55/h34H,2-33,56H2,1H3. The first-order valence-electron chi connectivity index (χ1n) is 22.0. The maximum Gasteiger partial charge on any atom is 0.460 e. The minimum atomic E-state index is -7.98. The molecular weight excluding hydrogens is 829 g/mol. The summed E-state index contributed by atoms with van der Waals surface area (Å²) in [5.74, 6) is -39.1. The second kappa shape index (κ2) is 30.1. The van der Waals surface area contributed by atoms with E-state index in [1.54, 1.807) is 0 Å². The Hall–Kier alpha value is -2.01. The van der Waals surface area contributed by atoms with E-state index in [0.717, 1.165) is 38.5 Å². The molecule has 5 nitrogen and oxygen atoms in total. The third-order valence-corrected chi connectivity index (χ3v) is 10.6. The summed E-state index contributed by atoms with van der Waals surface area (Å²) in [6, 6.07) is -1.48. The lowest BCUT2D eigenvalue weighted by atomic mass is 9.93.